The van der Waals surface area contributed by atoms with Crippen LogP contribution in [0.5, 0.6) is 5.75 Å². The second-order valence-corrected chi connectivity index (χ2v) is 6.08. The van der Waals surface area contributed by atoms with Crippen LogP contribution in [-0.4, -0.2) is 55.1 Å². The van der Waals surface area contributed by atoms with Crippen molar-refractivity contribution >= 4 is 5.91 Å². The Bertz CT molecular complexity index is 664. The van der Waals surface area contributed by atoms with Gasteiger partial charge < -0.3 is 14.4 Å². The highest BCUT2D eigenvalue weighted by molar-refractivity contribution is 5.96. The molecule has 2 aliphatic heterocycles. The highest BCUT2D eigenvalue weighted by atomic mass is 16.5. The van der Waals surface area contributed by atoms with E-state index in [-0.39, 0.29) is 22.8 Å². The fourth-order valence-electron chi connectivity index (χ4n) is 3.24. The predicted octanol–water partition coefficient (Wildman–Crippen LogP) is 0.797. The van der Waals surface area contributed by atoms with E-state index in [4.69, 9.17) is 9.47 Å². The van der Waals surface area contributed by atoms with Crippen LogP contribution in [0.25, 0.3) is 0 Å². The van der Waals surface area contributed by atoms with Crippen LogP contribution >= 0.6 is 0 Å². The van der Waals surface area contributed by atoms with Gasteiger partial charge in [0.05, 0.1) is 19.8 Å². The van der Waals surface area contributed by atoms with Crippen molar-refractivity contribution in [2.45, 2.75) is 31.8 Å². The molecule has 0 aliphatic carbocycles. The summed E-state index contributed by atoms with van der Waals surface area (Å²) in [5, 5.41) is 1.96. The van der Waals surface area contributed by atoms with Crippen LogP contribution in [0.4, 0.5) is 0 Å². The van der Waals surface area contributed by atoms with E-state index in [1.807, 2.05) is 19.0 Å². The number of carbonyl (C=O) groups excluding carboxylic acids is 1. The van der Waals surface area contributed by atoms with Crippen LogP contribution in [0, 0.1) is 0 Å². The minimum Gasteiger partial charge on any atom is -0.487 e. The molecule has 1 aromatic rings. The van der Waals surface area contributed by atoms with Crippen molar-refractivity contribution in [3.63, 3.8) is 0 Å². The number of carbonyl (C=O) groups is 1. The molecule has 0 radical (unpaired) electrons. The molecule has 1 amide bonds. The fourth-order valence-corrected chi connectivity index (χ4v) is 3.24. The van der Waals surface area contributed by atoms with Gasteiger partial charge in [-0.2, -0.15) is 0 Å². The summed E-state index contributed by atoms with van der Waals surface area (Å²) >= 11 is 0. The first kappa shape index (κ1) is 15.9. The number of aromatic nitrogens is 1. The Morgan fingerprint density at radius 1 is 1.35 bits per heavy atom. The molecule has 0 N–H and O–H groups in total. The number of ether oxygens (including phenoxy) is 2. The molecule has 7 heteroatoms. The van der Waals surface area contributed by atoms with Crippen molar-refractivity contribution in [1.29, 1.82) is 0 Å². The number of nitrogens with zero attached hydrogens (tertiary/aromatic N) is 3. The van der Waals surface area contributed by atoms with E-state index in [1.165, 1.54) is 6.07 Å². The lowest BCUT2D eigenvalue weighted by Crippen LogP contribution is -2.68. The summed E-state index contributed by atoms with van der Waals surface area (Å²) in [6, 6.07) is 1.45. The molecule has 1 unspecified atom stereocenters. The number of likely N-dealkylation sites (N-methyl/N-ethyl adjacent to an activating group) is 2. The maximum absolute atomic E-state index is 12.9. The summed E-state index contributed by atoms with van der Waals surface area (Å²) in [7, 11) is 3.66. The number of unbranched alkanes of at least 4 members (excludes halogenated alkanes) is 1. The quantitative estimate of drug-likeness (QED) is 0.768. The standard InChI is InChI=1S/C16H23N3O4/c1-4-5-9-23-14-12(20)6-8-19-13(14)15(21)17(2)16(18(19)3)7-10-22-11-16/h6,8H,4-5,7,9-11H2,1-3H3. The largest absolute Gasteiger partial charge is 0.487 e. The maximum atomic E-state index is 12.9. The Morgan fingerprint density at radius 2 is 2.13 bits per heavy atom. The van der Waals surface area contributed by atoms with Crippen LogP contribution in [0.2, 0.25) is 0 Å². The zero-order chi connectivity index (χ0) is 16.6. The topological polar surface area (TPSA) is 64.0 Å². The van der Waals surface area contributed by atoms with Gasteiger partial charge in [0, 0.05) is 32.8 Å². The molecule has 0 aromatic carbocycles. The highest BCUT2D eigenvalue weighted by Gasteiger charge is 2.50. The summed E-state index contributed by atoms with van der Waals surface area (Å²) in [4.78, 5) is 26.8. The van der Waals surface area contributed by atoms with Gasteiger partial charge in [-0.05, 0) is 6.42 Å². The molecule has 1 fully saturated rings. The molecule has 126 valence electrons. The zero-order valence-corrected chi connectivity index (χ0v) is 13.9. The van der Waals surface area contributed by atoms with E-state index in [0.717, 1.165) is 19.3 Å². The van der Waals surface area contributed by atoms with Gasteiger partial charge in [-0.1, -0.05) is 13.3 Å². The van der Waals surface area contributed by atoms with Crippen LogP contribution in [0.1, 0.15) is 36.7 Å². The van der Waals surface area contributed by atoms with E-state index in [0.29, 0.717) is 19.8 Å². The number of pyridine rings is 1. The number of rotatable bonds is 4. The van der Waals surface area contributed by atoms with Gasteiger partial charge in [-0.3, -0.25) is 19.3 Å². The molecule has 7 nitrogen and oxygen atoms in total. The number of hydrogen-bond donors (Lipinski definition) is 0. The first-order chi connectivity index (χ1) is 11.0. The third-order valence-electron chi connectivity index (χ3n) is 4.82. The normalized spacial score (nSPS) is 23.5. The summed E-state index contributed by atoms with van der Waals surface area (Å²) in [5.74, 6) is -0.0730. The number of hydrogen-bond acceptors (Lipinski definition) is 5. The van der Waals surface area contributed by atoms with Crippen LogP contribution < -0.4 is 15.2 Å². The SMILES string of the molecule is CCCCOc1c2n(ccc1=O)N(C)C1(CCOC1)N(C)C2=O. The van der Waals surface area contributed by atoms with Gasteiger partial charge in [0.15, 0.2) is 17.1 Å². The van der Waals surface area contributed by atoms with Gasteiger partial charge in [-0.25, -0.2) is 0 Å². The van der Waals surface area contributed by atoms with Gasteiger partial charge in [0.25, 0.3) is 5.91 Å². The molecular weight excluding hydrogens is 298 g/mol. The molecule has 0 bridgehead atoms. The second kappa shape index (κ2) is 5.88. The van der Waals surface area contributed by atoms with E-state index >= 15 is 0 Å². The Labute approximate surface area is 135 Å². The lowest BCUT2D eigenvalue weighted by molar-refractivity contribution is 0.0329. The van der Waals surface area contributed by atoms with E-state index in [1.54, 1.807) is 22.8 Å². The van der Waals surface area contributed by atoms with E-state index < -0.39 is 5.66 Å². The number of amides is 1. The summed E-state index contributed by atoms with van der Waals surface area (Å²) in [5.41, 5.74) is -0.489. The Hall–Kier alpha value is -2.02. The lowest BCUT2D eigenvalue weighted by atomic mass is 10.0. The van der Waals surface area contributed by atoms with Gasteiger partial charge in [0.1, 0.15) is 0 Å². The van der Waals surface area contributed by atoms with Crippen LogP contribution in [-0.2, 0) is 4.74 Å². The highest BCUT2D eigenvalue weighted by Crippen LogP contribution is 2.34. The molecule has 3 heterocycles. The molecular formula is C16H23N3O4. The minimum absolute atomic E-state index is 0.137. The lowest BCUT2D eigenvalue weighted by Gasteiger charge is -2.50. The van der Waals surface area contributed by atoms with Gasteiger partial charge >= 0.3 is 0 Å². The average molecular weight is 321 g/mol. The van der Waals surface area contributed by atoms with Crippen molar-refractivity contribution in [1.82, 2.24) is 9.58 Å². The monoisotopic (exact) mass is 321 g/mol. The smallest absolute Gasteiger partial charge is 0.278 e. The molecule has 1 saturated heterocycles. The molecule has 1 atom stereocenters. The Kier molecular flexibility index (Phi) is 4.06. The van der Waals surface area contributed by atoms with Crippen LogP contribution in [0.3, 0.4) is 0 Å². The molecule has 1 aromatic heterocycles. The number of fused-ring (bicyclic) bond motifs is 1. The molecule has 23 heavy (non-hydrogen) atoms. The van der Waals surface area contributed by atoms with Crippen molar-refractivity contribution in [3.8, 4) is 5.75 Å². The predicted molar refractivity (Wildman–Crippen MR) is 85.5 cm³/mol. The van der Waals surface area contributed by atoms with Crippen molar-refractivity contribution in [2.24, 2.45) is 0 Å². The fraction of sp³-hybridized carbons (Fsp3) is 0.625. The first-order valence-corrected chi connectivity index (χ1v) is 8.01. The minimum atomic E-state index is -0.514. The summed E-state index contributed by atoms with van der Waals surface area (Å²) < 4.78 is 12.9. The van der Waals surface area contributed by atoms with Gasteiger partial charge in [0.2, 0.25) is 5.43 Å². The molecule has 1 spiro atoms. The summed E-state index contributed by atoms with van der Waals surface area (Å²) in [6.45, 7) is 3.53. The van der Waals surface area contributed by atoms with Crippen molar-refractivity contribution < 1.29 is 14.3 Å². The third kappa shape index (κ3) is 2.30. The molecule has 3 rings (SSSR count). The summed E-state index contributed by atoms with van der Waals surface area (Å²) in [6.07, 6.45) is 4.16. The first-order valence-electron chi connectivity index (χ1n) is 8.01. The van der Waals surface area contributed by atoms with E-state index in [9.17, 15) is 9.59 Å². The average Bonchev–Trinajstić information content (AvgIpc) is 3.03. The molecule has 0 saturated carbocycles. The van der Waals surface area contributed by atoms with Crippen molar-refractivity contribution in [2.75, 3.05) is 38.9 Å². The van der Waals surface area contributed by atoms with E-state index in [2.05, 4.69) is 0 Å². The van der Waals surface area contributed by atoms with Crippen molar-refractivity contribution in [3.05, 3.63) is 28.2 Å². The third-order valence-corrected chi connectivity index (χ3v) is 4.82. The second-order valence-electron chi connectivity index (χ2n) is 6.08. The maximum Gasteiger partial charge on any atom is 0.278 e. The van der Waals surface area contributed by atoms with Crippen LogP contribution in [0.15, 0.2) is 17.1 Å². The van der Waals surface area contributed by atoms with Gasteiger partial charge in [-0.15, -0.1) is 0 Å². The molecule has 2 aliphatic rings. The zero-order valence-electron chi connectivity index (χ0n) is 13.9. The Balaban J connectivity index is 2.08. The Morgan fingerprint density at radius 3 is 2.78 bits per heavy atom.